The lowest BCUT2D eigenvalue weighted by Gasteiger charge is -2.39. The van der Waals surface area contributed by atoms with Gasteiger partial charge in [-0.25, -0.2) is 9.07 Å². The first kappa shape index (κ1) is 26.6. The van der Waals surface area contributed by atoms with Gasteiger partial charge in [-0.05, 0) is 71.3 Å². The summed E-state index contributed by atoms with van der Waals surface area (Å²) in [5, 5.41) is 10.2. The van der Waals surface area contributed by atoms with Gasteiger partial charge in [0.1, 0.15) is 18.9 Å². The number of aromatic nitrogens is 3. The lowest BCUT2D eigenvalue weighted by molar-refractivity contribution is -0.140. The number of nitrogens with zero attached hydrogens (tertiary/aromatic N) is 5. The van der Waals surface area contributed by atoms with E-state index >= 15 is 0 Å². The maximum Gasteiger partial charge on any atom is 0.247 e. The molecule has 1 fully saturated rings. The topological polar surface area (TPSA) is 71.3 Å². The summed E-state index contributed by atoms with van der Waals surface area (Å²) >= 11 is 12.2. The zero-order valence-corrected chi connectivity index (χ0v) is 22.5. The molecule has 1 atom stereocenters. The van der Waals surface area contributed by atoms with Crippen LogP contribution >= 0.6 is 23.2 Å². The van der Waals surface area contributed by atoms with Gasteiger partial charge in [-0.1, -0.05) is 65.3 Å². The summed E-state index contributed by atoms with van der Waals surface area (Å²) in [6.07, 6.45) is 3.85. The highest BCUT2D eigenvalue weighted by atomic mass is 35.5. The molecule has 0 bridgehead atoms. The summed E-state index contributed by atoms with van der Waals surface area (Å²) in [6, 6.07) is 16.4. The van der Waals surface area contributed by atoms with Crippen LogP contribution in [0, 0.1) is 5.82 Å². The lowest BCUT2D eigenvalue weighted by Crippen LogP contribution is -2.55. The van der Waals surface area contributed by atoms with Crippen LogP contribution < -0.4 is 15.3 Å². The van der Waals surface area contributed by atoms with Gasteiger partial charge in [0.15, 0.2) is 5.15 Å². The minimum atomic E-state index is -0.457. The predicted molar refractivity (Wildman–Crippen MR) is 150 cm³/mol. The number of piperazine rings is 1. The normalized spacial score (nSPS) is 15.2. The Bertz CT molecular complexity index is 1670. The molecule has 0 spiro atoms. The van der Waals surface area contributed by atoms with Gasteiger partial charge in [-0.2, -0.15) is 0 Å². The van der Waals surface area contributed by atoms with E-state index in [1.54, 1.807) is 35.2 Å². The first-order valence-electron chi connectivity index (χ1n) is 12.2. The highest BCUT2D eigenvalue weighted by molar-refractivity contribution is 6.31. The van der Waals surface area contributed by atoms with Gasteiger partial charge in [0.05, 0.1) is 23.6 Å². The summed E-state index contributed by atoms with van der Waals surface area (Å²) in [6.45, 7) is 5.62. The Hall–Kier alpha value is -4.01. The molecule has 10 heteroatoms. The molecule has 1 aliphatic heterocycles. The van der Waals surface area contributed by atoms with Crippen LogP contribution in [0.5, 0.6) is 0 Å². The molecule has 1 aromatic heterocycles. The largest absolute Gasteiger partial charge is 0.324 e. The second-order valence-electron chi connectivity index (χ2n) is 9.21. The van der Waals surface area contributed by atoms with Crippen LogP contribution in [-0.4, -0.2) is 44.8 Å². The van der Waals surface area contributed by atoms with Gasteiger partial charge in [0.2, 0.25) is 11.8 Å². The molecule has 0 aliphatic carbocycles. The SMILES string of the molecule is C=c1ccc(C(Cc2ccc(F)cc2)N2CC(=O)N(c3cc(Cl)ccc3-n3cc(Cl)nn3)CC2=O)c/c1=C/C. The lowest BCUT2D eigenvalue weighted by atomic mass is 9.95. The molecule has 3 aromatic carbocycles. The Balaban J connectivity index is 1.51. The van der Waals surface area contributed by atoms with Gasteiger partial charge >= 0.3 is 0 Å². The molecule has 0 radical (unpaired) electrons. The van der Waals surface area contributed by atoms with Crippen molar-refractivity contribution in [1.29, 1.82) is 0 Å². The monoisotopic (exact) mass is 563 g/mol. The number of carbonyl (C=O) groups is 2. The summed E-state index contributed by atoms with van der Waals surface area (Å²) in [4.78, 5) is 30.3. The molecule has 1 saturated heterocycles. The molecular formula is C29H24Cl2FN5O2. The average molecular weight is 564 g/mol. The van der Waals surface area contributed by atoms with Crippen LogP contribution in [0.2, 0.25) is 10.2 Å². The number of rotatable bonds is 6. The number of halogens is 3. The molecule has 5 rings (SSSR count). The summed E-state index contributed by atoms with van der Waals surface area (Å²) in [7, 11) is 0. The van der Waals surface area contributed by atoms with Gasteiger partial charge in [0, 0.05) is 5.02 Å². The van der Waals surface area contributed by atoms with Crippen LogP contribution in [-0.2, 0) is 16.0 Å². The van der Waals surface area contributed by atoms with Crippen molar-refractivity contribution < 1.29 is 14.0 Å². The molecule has 0 saturated carbocycles. The van der Waals surface area contributed by atoms with E-state index < -0.39 is 6.04 Å². The van der Waals surface area contributed by atoms with E-state index in [4.69, 9.17) is 23.2 Å². The van der Waals surface area contributed by atoms with Crippen molar-refractivity contribution in [3.05, 3.63) is 104 Å². The zero-order valence-electron chi connectivity index (χ0n) is 21.0. The van der Waals surface area contributed by atoms with Crippen molar-refractivity contribution in [2.24, 2.45) is 0 Å². The standard InChI is InChI=1S/C29H24Cl2FN5O2/c1-3-20-13-21(7-4-18(20)2)25(12-19-5-9-23(32)10-6-19)35-16-29(39)36(17-28(35)38)26-14-22(30)8-11-24(26)37-15-27(31)33-34-37/h3-11,13-15,25H,2,12,16-17H2,1H3/b20-3-. The molecule has 2 heterocycles. The Kier molecular flexibility index (Phi) is 7.50. The van der Waals surface area contributed by atoms with E-state index in [0.717, 1.165) is 21.6 Å². The average Bonchev–Trinajstić information content (AvgIpc) is 3.36. The molecule has 198 valence electrons. The molecule has 7 nitrogen and oxygen atoms in total. The summed E-state index contributed by atoms with van der Waals surface area (Å²) < 4.78 is 15.0. The van der Waals surface area contributed by atoms with Crippen LogP contribution in [0.3, 0.4) is 0 Å². The third-order valence-corrected chi connectivity index (χ3v) is 7.15. The maximum absolute atomic E-state index is 13.7. The molecule has 4 aromatic rings. The Morgan fingerprint density at radius 1 is 1.00 bits per heavy atom. The number of hydrogen-bond donors (Lipinski definition) is 0. The number of anilines is 1. The first-order chi connectivity index (χ1) is 18.7. The third-order valence-electron chi connectivity index (χ3n) is 6.75. The minimum Gasteiger partial charge on any atom is -0.324 e. The Morgan fingerprint density at radius 2 is 1.77 bits per heavy atom. The maximum atomic E-state index is 13.7. The summed E-state index contributed by atoms with van der Waals surface area (Å²) in [5.74, 6) is -0.875. The third kappa shape index (κ3) is 5.57. The number of benzene rings is 3. The van der Waals surface area contributed by atoms with E-state index in [0.29, 0.717) is 22.8 Å². The van der Waals surface area contributed by atoms with Crippen molar-refractivity contribution in [1.82, 2.24) is 19.9 Å². The Morgan fingerprint density at radius 3 is 2.46 bits per heavy atom. The van der Waals surface area contributed by atoms with E-state index in [-0.39, 0.29) is 35.9 Å². The highest BCUT2D eigenvalue weighted by Gasteiger charge is 2.37. The molecule has 39 heavy (non-hydrogen) atoms. The van der Waals surface area contributed by atoms with Crippen LogP contribution in [0.15, 0.2) is 66.9 Å². The van der Waals surface area contributed by atoms with Gasteiger partial charge in [-0.3, -0.25) is 14.5 Å². The fourth-order valence-electron chi connectivity index (χ4n) is 4.75. The van der Waals surface area contributed by atoms with Crippen molar-refractivity contribution in [3.8, 4) is 5.69 Å². The molecular weight excluding hydrogens is 540 g/mol. The van der Waals surface area contributed by atoms with Crippen LogP contribution in [0.1, 0.15) is 24.1 Å². The van der Waals surface area contributed by atoms with Crippen LogP contribution in [0.25, 0.3) is 18.3 Å². The fourth-order valence-corrected chi connectivity index (χ4v) is 5.04. The van der Waals surface area contributed by atoms with E-state index in [1.807, 2.05) is 31.2 Å². The Labute approximate surface area is 234 Å². The molecule has 2 amide bonds. The van der Waals surface area contributed by atoms with Gasteiger partial charge < -0.3 is 4.90 Å². The number of carbonyl (C=O) groups excluding carboxylic acids is 2. The molecule has 1 unspecified atom stereocenters. The second-order valence-corrected chi connectivity index (χ2v) is 10.0. The molecule has 0 N–H and O–H groups in total. The second kappa shape index (κ2) is 11.0. The van der Waals surface area contributed by atoms with Crippen molar-refractivity contribution in [2.45, 2.75) is 19.4 Å². The van der Waals surface area contributed by atoms with Gasteiger partial charge in [-0.15, -0.1) is 5.10 Å². The predicted octanol–water partition coefficient (Wildman–Crippen LogP) is 4.08. The highest BCUT2D eigenvalue weighted by Crippen LogP contribution is 2.32. The zero-order chi connectivity index (χ0) is 27.7. The smallest absolute Gasteiger partial charge is 0.247 e. The fraction of sp³-hybridized carbons (Fsp3) is 0.172. The quantitative estimate of drug-likeness (QED) is 0.354. The number of amides is 2. The minimum absolute atomic E-state index is 0.161. The molecule has 1 aliphatic rings. The van der Waals surface area contributed by atoms with E-state index in [9.17, 15) is 14.0 Å². The first-order valence-corrected chi connectivity index (χ1v) is 13.0. The summed E-state index contributed by atoms with van der Waals surface area (Å²) in [5.41, 5.74) is 2.62. The van der Waals surface area contributed by atoms with E-state index in [1.165, 1.54) is 27.9 Å². The van der Waals surface area contributed by atoms with E-state index in [2.05, 4.69) is 16.9 Å². The number of hydrogen-bond acceptors (Lipinski definition) is 4. The van der Waals surface area contributed by atoms with Crippen molar-refractivity contribution in [3.63, 3.8) is 0 Å². The van der Waals surface area contributed by atoms with Crippen LogP contribution in [0.4, 0.5) is 10.1 Å². The van der Waals surface area contributed by atoms with Gasteiger partial charge in [0.25, 0.3) is 0 Å². The van der Waals surface area contributed by atoms with Crippen molar-refractivity contribution in [2.75, 3.05) is 18.0 Å². The van der Waals surface area contributed by atoms with Crippen molar-refractivity contribution >= 4 is 53.4 Å².